The predicted octanol–water partition coefficient (Wildman–Crippen LogP) is 1.96. The Balaban J connectivity index is 2.52. The van der Waals surface area contributed by atoms with Crippen molar-refractivity contribution >= 4 is 16.9 Å². The van der Waals surface area contributed by atoms with Crippen LogP contribution in [0.5, 0.6) is 0 Å². The monoisotopic (exact) mass is 246 g/mol. The Morgan fingerprint density at radius 3 is 2.89 bits per heavy atom. The smallest absolute Gasteiger partial charge is 0.335 e. The third kappa shape index (κ3) is 2.40. The summed E-state index contributed by atoms with van der Waals surface area (Å²) in [5.74, 6) is -0.399. The Morgan fingerprint density at radius 1 is 1.44 bits per heavy atom. The number of aromatic nitrogens is 2. The first-order valence-electron chi connectivity index (χ1n) is 5.88. The topological polar surface area (TPSA) is 83.0 Å². The van der Waals surface area contributed by atoms with Crippen molar-refractivity contribution in [2.24, 2.45) is 0 Å². The van der Waals surface area contributed by atoms with Gasteiger partial charge in [-0.1, -0.05) is 13.3 Å². The highest BCUT2D eigenvalue weighted by atomic mass is 16.4. The van der Waals surface area contributed by atoms with Crippen LogP contribution >= 0.6 is 0 Å². The number of nitrogens with zero attached hydrogens (tertiary/aromatic N) is 1. The number of H-pyrrole nitrogens is 1. The molecule has 1 heterocycles. The fraction of sp³-hybridized carbons (Fsp3) is 0.308. The number of unbranched alkanes of at least 4 members (excludes halogenated alkanes) is 1. The molecule has 2 aromatic rings. The maximum atomic E-state index is 11.8. The predicted molar refractivity (Wildman–Crippen MR) is 67.9 cm³/mol. The van der Waals surface area contributed by atoms with E-state index in [4.69, 9.17) is 5.11 Å². The van der Waals surface area contributed by atoms with E-state index in [0.717, 1.165) is 19.3 Å². The molecule has 0 bridgehead atoms. The summed E-state index contributed by atoms with van der Waals surface area (Å²) in [4.78, 5) is 29.7. The van der Waals surface area contributed by atoms with Crippen LogP contribution in [0, 0.1) is 0 Å². The second kappa shape index (κ2) is 5.00. The molecule has 0 unspecified atom stereocenters. The maximum absolute atomic E-state index is 11.8. The summed E-state index contributed by atoms with van der Waals surface area (Å²) < 4.78 is 0. The lowest BCUT2D eigenvalue weighted by Gasteiger charge is -2.03. The molecule has 0 aliphatic rings. The van der Waals surface area contributed by atoms with E-state index in [1.807, 2.05) is 0 Å². The van der Waals surface area contributed by atoms with E-state index in [-0.39, 0.29) is 11.1 Å². The largest absolute Gasteiger partial charge is 0.478 e. The molecule has 0 spiro atoms. The van der Waals surface area contributed by atoms with Crippen molar-refractivity contribution in [3.63, 3.8) is 0 Å². The molecule has 1 aromatic carbocycles. The summed E-state index contributed by atoms with van der Waals surface area (Å²) in [5, 5.41) is 9.19. The standard InChI is InChI=1S/C13H14N2O3/c1-2-3-4-11-14-10-6-5-8(13(17)18)7-9(10)12(16)15-11/h5-7H,2-4H2,1H3,(H,17,18)(H,14,15,16). The van der Waals surface area contributed by atoms with Gasteiger partial charge in [0.15, 0.2) is 0 Å². The van der Waals surface area contributed by atoms with Gasteiger partial charge in [-0.3, -0.25) is 4.79 Å². The highest BCUT2D eigenvalue weighted by Gasteiger charge is 2.08. The first-order valence-corrected chi connectivity index (χ1v) is 5.88. The number of rotatable bonds is 4. The second-order valence-corrected chi connectivity index (χ2v) is 4.15. The number of aryl methyl sites for hydroxylation is 1. The van der Waals surface area contributed by atoms with Crippen LogP contribution in [0.1, 0.15) is 35.9 Å². The van der Waals surface area contributed by atoms with Crippen molar-refractivity contribution in [1.82, 2.24) is 9.97 Å². The molecule has 5 nitrogen and oxygen atoms in total. The van der Waals surface area contributed by atoms with Gasteiger partial charge in [0.2, 0.25) is 0 Å². The number of aromatic amines is 1. The molecular formula is C13H14N2O3. The zero-order valence-electron chi connectivity index (χ0n) is 10.1. The van der Waals surface area contributed by atoms with E-state index in [9.17, 15) is 9.59 Å². The molecule has 1 aromatic heterocycles. The van der Waals surface area contributed by atoms with Crippen LogP contribution in [0.3, 0.4) is 0 Å². The molecular weight excluding hydrogens is 232 g/mol. The molecule has 0 amide bonds. The Kier molecular flexibility index (Phi) is 3.41. The van der Waals surface area contributed by atoms with Gasteiger partial charge in [0.05, 0.1) is 16.5 Å². The van der Waals surface area contributed by atoms with Gasteiger partial charge < -0.3 is 10.1 Å². The summed E-state index contributed by atoms with van der Waals surface area (Å²) in [6.45, 7) is 2.07. The van der Waals surface area contributed by atoms with Crippen molar-refractivity contribution in [2.75, 3.05) is 0 Å². The molecule has 18 heavy (non-hydrogen) atoms. The zero-order valence-corrected chi connectivity index (χ0v) is 10.1. The Bertz CT molecular complexity index is 646. The molecule has 2 rings (SSSR count). The van der Waals surface area contributed by atoms with E-state index in [0.29, 0.717) is 16.7 Å². The number of fused-ring (bicyclic) bond motifs is 1. The number of hydrogen-bond acceptors (Lipinski definition) is 3. The van der Waals surface area contributed by atoms with Crippen LogP contribution in [-0.4, -0.2) is 21.0 Å². The fourth-order valence-corrected chi connectivity index (χ4v) is 1.78. The third-order valence-electron chi connectivity index (χ3n) is 2.77. The summed E-state index contributed by atoms with van der Waals surface area (Å²) in [6.07, 6.45) is 2.71. The van der Waals surface area contributed by atoms with Crippen molar-refractivity contribution in [2.45, 2.75) is 26.2 Å². The van der Waals surface area contributed by atoms with Crippen LogP contribution in [0.2, 0.25) is 0 Å². The molecule has 0 radical (unpaired) electrons. The molecule has 94 valence electrons. The Hall–Kier alpha value is -2.17. The molecule has 0 saturated heterocycles. The zero-order chi connectivity index (χ0) is 13.1. The number of hydrogen-bond donors (Lipinski definition) is 2. The molecule has 0 fully saturated rings. The van der Waals surface area contributed by atoms with Gasteiger partial charge in [-0.15, -0.1) is 0 Å². The van der Waals surface area contributed by atoms with Crippen LogP contribution in [0.4, 0.5) is 0 Å². The highest BCUT2D eigenvalue weighted by molar-refractivity contribution is 5.92. The normalized spacial score (nSPS) is 10.7. The number of carboxylic acid groups (broad SMARTS) is 1. The van der Waals surface area contributed by atoms with Gasteiger partial charge in [-0.2, -0.15) is 0 Å². The first-order chi connectivity index (χ1) is 8.61. The Morgan fingerprint density at radius 2 is 2.22 bits per heavy atom. The summed E-state index contributed by atoms with van der Waals surface area (Å²) in [7, 11) is 0. The van der Waals surface area contributed by atoms with Crippen LogP contribution < -0.4 is 5.56 Å². The molecule has 2 N–H and O–H groups in total. The van der Waals surface area contributed by atoms with Crippen LogP contribution in [0.25, 0.3) is 10.9 Å². The average molecular weight is 246 g/mol. The van der Waals surface area contributed by atoms with Gasteiger partial charge in [0.1, 0.15) is 5.82 Å². The minimum Gasteiger partial charge on any atom is -0.478 e. The second-order valence-electron chi connectivity index (χ2n) is 4.15. The number of carboxylic acids is 1. The first kappa shape index (κ1) is 12.3. The Labute approximate surface area is 103 Å². The van der Waals surface area contributed by atoms with Gasteiger partial charge in [0, 0.05) is 6.42 Å². The van der Waals surface area contributed by atoms with Crippen molar-refractivity contribution in [1.29, 1.82) is 0 Å². The molecule has 0 aliphatic carbocycles. The summed E-state index contributed by atoms with van der Waals surface area (Å²) in [6, 6.07) is 4.39. The number of benzene rings is 1. The summed E-state index contributed by atoms with van der Waals surface area (Å²) in [5.41, 5.74) is 0.347. The highest BCUT2D eigenvalue weighted by Crippen LogP contribution is 2.11. The van der Waals surface area contributed by atoms with Gasteiger partial charge >= 0.3 is 5.97 Å². The maximum Gasteiger partial charge on any atom is 0.335 e. The van der Waals surface area contributed by atoms with E-state index in [1.165, 1.54) is 12.1 Å². The quantitative estimate of drug-likeness (QED) is 0.863. The fourth-order valence-electron chi connectivity index (χ4n) is 1.78. The molecule has 0 aliphatic heterocycles. The van der Waals surface area contributed by atoms with E-state index in [2.05, 4.69) is 16.9 Å². The molecule has 5 heteroatoms. The average Bonchev–Trinajstić information content (AvgIpc) is 2.36. The van der Waals surface area contributed by atoms with Crippen LogP contribution in [0.15, 0.2) is 23.0 Å². The van der Waals surface area contributed by atoms with Crippen molar-refractivity contribution in [3.8, 4) is 0 Å². The number of nitrogens with one attached hydrogen (secondary N) is 1. The van der Waals surface area contributed by atoms with E-state index >= 15 is 0 Å². The molecule has 0 saturated carbocycles. The minimum absolute atomic E-state index is 0.0936. The van der Waals surface area contributed by atoms with E-state index in [1.54, 1.807) is 6.07 Å². The number of carbonyl (C=O) groups is 1. The lowest BCUT2D eigenvalue weighted by atomic mass is 10.1. The van der Waals surface area contributed by atoms with Crippen LogP contribution in [-0.2, 0) is 6.42 Å². The van der Waals surface area contributed by atoms with Crippen molar-refractivity contribution < 1.29 is 9.90 Å². The van der Waals surface area contributed by atoms with Gasteiger partial charge in [-0.05, 0) is 24.6 Å². The summed E-state index contributed by atoms with van der Waals surface area (Å²) >= 11 is 0. The number of aromatic carboxylic acids is 1. The third-order valence-corrected chi connectivity index (χ3v) is 2.77. The SMILES string of the molecule is CCCCc1nc2ccc(C(=O)O)cc2c(=O)[nH]1. The lowest BCUT2D eigenvalue weighted by molar-refractivity contribution is 0.0697. The van der Waals surface area contributed by atoms with Gasteiger partial charge in [-0.25, -0.2) is 9.78 Å². The van der Waals surface area contributed by atoms with Crippen molar-refractivity contribution in [3.05, 3.63) is 39.9 Å². The van der Waals surface area contributed by atoms with E-state index < -0.39 is 5.97 Å². The molecule has 0 atom stereocenters. The van der Waals surface area contributed by atoms with Gasteiger partial charge in [0.25, 0.3) is 5.56 Å². The minimum atomic E-state index is -1.05. The lowest BCUT2D eigenvalue weighted by Crippen LogP contribution is -2.12.